The van der Waals surface area contributed by atoms with Crippen molar-refractivity contribution in [2.75, 3.05) is 11.1 Å². The molecular formula is C14H26N4. The molecule has 102 valence electrons. The second-order valence-electron chi connectivity index (χ2n) is 5.41. The molecule has 4 nitrogen and oxygen atoms in total. The first-order valence-corrected chi connectivity index (χ1v) is 6.77. The number of nitrogens with one attached hydrogen (secondary N) is 1. The predicted octanol–water partition coefficient (Wildman–Crippen LogP) is 3.34. The van der Waals surface area contributed by atoms with Crippen LogP contribution in [0.4, 0.5) is 11.6 Å². The van der Waals surface area contributed by atoms with Gasteiger partial charge in [0.05, 0.1) is 0 Å². The van der Waals surface area contributed by atoms with Crippen LogP contribution in [-0.2, 0) is 0 Å². The second kappa shape index (κ2) is 6.03. The average Bonchev–Trinajstić information content (AvgIpc) is 2.33. The van der Waals surface area contributed by atoms with Gasteiger partial charge in [0.25, 0.3) is 0 Å². The van der Waals surface area contributed by atoms with Gasteiger partial charge in [-0.25, -0.2) is 9.97 Å². The Labute approximate surface area is 110 Å². The molecule has 0 aliphatic heterocycles. The van der Waals surface area contributed by atoms with E-state index >= 15 is 0 Å². The van der Waals surface area contributed by atoms with Crippen molar-refractivity contribution in [3.63, 3.8) is 0 Å². The van der Waals surface area contributed by atoms with Crippen LogP contribution >= 0.6 is 0 Å². The molecule has 1 heterocycles. The van der Waals surface area contributed by atoms with Gasteiger partial charge in [-0.3, -0.25) is 0 Å². The summed E-state index contributed by atoms with van der Waals surface area (Å²) in [5.41, 5.74) is 6.89. The zero-order valence-electron chi connectivity index (χ0n) is 12.4. The lowest BCUT2D eigenvalue weighted by Crippen LogP contribution is -2.25. The largest absolute Gasteiger partial charge is 0.383 e. The lowest BCUT2D eigenvalue weighted by atomic mass is 10.0. The lowest BCUT2D eigenvalue weighted by molar-refractivity contribution is 0.493. The summed E-state index contributed by atoms with van der Waals surface area (Å²) < 4.78 is 0. The molecule has 18 heavy (non-hydrogen) atoms. The second-order valence-corrected chi connectivity index (χ2v) is 5.41. The normalized spacial score (nSPS) is 14.6. The molecule has 2 atom stereocenters. The van der Waals surface area contributed by atoms with Crippen LogP contribution < -0.4 is 11.1 Å². The Balaban J connectivity index is 3.00. The summed E-state index contributed by atoms with van der Waals surface area (Å²) in [4.78, 5) is 8.92. The first-order valence-electron chi connectivity index (χ1n) is 6.77. The summed E-state index contributed by atoms with van der Waals surface area (Å²) in [6.07, 6.45) is 1.14. The highest BCUT2D eigenvalue weighted by atomic mass is 15.1. The number of nitrogens with two attached hydrogens (primary N) is 1. The van der Waals surface area contributed by atoms with Crippen molar-refractivity contribution in [3.05, 3.63) is 11.4 Å². The molecule has 2 unspecified atom stereocenters. The van der Waals surface area contributed by atoms with Crippen molar-refractivity contribution >= 4 is 11.6 Å². The minimum absolute atomic E-state index is 0.285. The molecule has 3 N–H and O–H groups in total. The number of nitrogens with zero attached hydrogens (tertiary/aromatic N) is 2. The van der Waals surface area contributed by atoms with Crippen molar-refractivity contribution in [1.29, 1.82) is 0 Å². The van der Waals surface area contributed by atoms with Gasteiger partial charge in [0.15, 0.2) is 0 Å². The van der Waals surface area contributed by atoms with Gasteiger partial charge in [-0.2, -0.15) is 0 Å². The zero-order chi connectivity index (χ0) is 13.9. The smallest absolute Gasteiger partial charge is 0.135 e. The third-order valence-electron chi connectivity index (χ3n) is 3.58. The summed E-state index contributed by atoms with van der Waals surface area (Å²) >= 11 is 0. The molecular weight excluding hydrogens is 224 g/mol. The molecule has 0 aromatic carbocycles. The van der Waals surface area contributed by atoms with E-state index in [9.17, 15) is 0 Å². The summed E-state index contributed by atoms with van der Waals surface area (Å²) in [5.74, 6) is 3.14. The molecule has 0 amide bonds. The van der Waals surface area contributed by atoms with E-state index in [1.807, 2.05) is 6.92 Å². The Kier molecular flexibility index (Phi) is 4.93. The van der Waals surface area contributed by atoms with Gasteiger partial charge < -0.3 is 11.1 Å². The number of rotatable bonds is 5. The fraction of sp³-hybridized carbons (Fsp3) is 0.714. The fourth-order valence-corrected chi connectivity index (χ4v) is 1.66. The third-order valence-corrected chi connectivity index (χ3v) is 3.58. The van der Waals surface area contributed by atoms with Gasteiger partial charge in [0.2, 0.25) is 0 Å². The van der Waals surface area contributed by atoms with Gasteiger partial charge in [0.1, 0.15) is 17.5 Å². The molecule has 0 saturated carbocycles. The van der Waals surface area contributed by atoms with Crippen LogP contribution in [0.25, 0.3) is 0 Å². The molecule has 0 aliphatic carbocycles. The van der Waals surface area contributed by atoms with Gasteiger partial charge in [-0.15, -0.1) is 0 Å². The van der Waals surface area contributed by atoms with Crippen LogP contribution in [0, 0.1) is 12.8 Å². The number of anilines is 2. The van der Waals surface area contributed by atoms with E-state index < -0.39 is 0 Å². The van der Waals surface area contributed by atoms with Gasteiger partial charge in [-0.1, -0.05) is 34.1 Å². The maximum Gasteiger partial charge on any atom is 0.135 e. The van der Waals surface area contributed by atoms with Crippen LogP contribution in [0.15, 0.2) is 0 Å². The van der Waals surface area contributed by atoms with Crippen LogP contribution in [0.1, 0.15) is 58.3 Å². The number of nitrogen functional groups attached to an aromatic ring is 1. The standard InChI is InChI=1S/C14H26N4/c1-7-9(4)11(6)16-14-10(5)12(15)17-13(18-14)8(2)3/h8-9,11H,7H2,1-6H3,(H3,15,16,17,18). The first kappa shape index (κ1) is 14.7. The van der Waals surface area contributed by atoms with E-state index in [-0.39, 0.29) is 5.92 Å². The molecule has 0 spiro atoms. The van der Waals surface area contributed by atoms with Gasteiger partial charge in [-0.05, 0) is 19.8 Å². The van der Waals surface area contributed by atoms with Crippen molar-refractivity contribution in [2.45, 2.75) is 59.9 Å². The molecule has 1 aromatic rings. The Hall–Kier alpha value is -1.32. The Morgan fingerprint density at radius 3 is 2.28 bits per heavy atom. The maximum absolute atomic E-state index is 5.95. The zero-order valence-corrected chi connectivity index (χ0v) is 12.4. The molecule has 0 saturated heterocycles. The topological polar surface area (TPSA) is 63.8 Å². The fourth-order valence-electron chi connectivity index (χ4n) is 1.66. The number of aromatic nitrogens is 2. The van der Waals surface area contributed by atoms with E-state index in [1.165, 1.54) is 0 Å². The molecule has 0 fully saturated rings. The molecule has 0 aliphatic rings. The van der Waals surface area contributed by atoms with Crippen molar-refractivity contribution in [1.82, 2.24) is 9.97 Å². The minimum Gasteiger partial charge on any atom is -0.383 e. The highest BCUT2D eigenvalue weighted by Crippen LogP contribution is 2.23. The highest BCUT2D eigenvalue weighted by Gasteiger charge is 2.15. The van der Waals surface area contributed by atoms with Gasteiger partial charge in [0, 0.05) is 17.5 Å². The van der Waals surface area contributed by atoms with E-state index in [0.717, 1.165) is 23.6 Å². The molecule has 0 bridgehead atoms. The number of hydrogen-bond acceptors (Lipinski definition) is 4. The third kappa shape index (κ3) is 3.34. The molecule has 4 heteroatoms. The summed E-state index contributed by atoms with van der Waals surface area (Å²) in [6.45, 7) is 12.7. The maximum atomic E-state index is 5.95. The van der Waals surface area contributed by atoms with Crippen LogP contribution in [0.5, 0.6) is 0 Å². The quantitative estimate of drug-likeness (QED) is 0.841. The highest BCUT2D eigenvalue weighted by molar-refractivity contribution is 5.55. The summed E-state index contributed by atoms with van der Waals surface area (Å²) in [6, 6.07) is 0.378. The van der Waals surface area contributed by atoms with Crippen LogP contribution in [-0.4, -0.2) is 16.0 Å². The lowest BCUT2D eigenvalue weighted by Gasteiger charge is -2.22. The van der Waals surface area contributed by atoms with E-state index in [0.29, 0.717) is 17.8 Å². The van der Waals surface area contributed by atoms with Gasteiger partial charge >= 0.3 is 0 Å². The monoisotopic (exact) mass is 250 g/mol. The minimum atomic E-state index is 0.285. The van der Waals surface area contributed by atoms with Crippen molar-refractivity contribution in [3.8, 4) is 0 Å². The van der Waals surface area contributed by atoms with Crippen LogP contribution in [0.3, 0.4) is 0 Å². The summed E-state index contributed by atoms with van der Waals surface area (Å²) in [5, 5.41) is 3.47. The van der Waals surface area contributed by atoms with E-state index in [1.54, 1.807) is 0 Å². The Morgan fingerprint density at radius 2 is 1.78 bits per heavy atom. The van der Waals surface area contributed by atoms with E-state index in [2.05, 4.69) is 49.9 Å². The molecule has 1 rings (SSSR count). The summed E-state index contributed by atoms with van der Waals surface area (Å²) in [7, 11) is 0. The van der Waals surface area contributed by atoms with E-state index in [4.69, 9.17) is 5.73 Å². The van der Waals surface area contributed by atoms with Crippen molar-refractivity contribution < 1.29 is 0 Å². The molecule has 1 aromatic heterocycles. The van der Waals surface area contributed by atoms with Crippen molar-refractivity contribution in [2.24, 2.45) is 5.92 Å². The average molecular weight is 250 g/mol. The first-order chi connectivity index (χ1) is 8.36. The number of hydrogen-bond donors (Lipinski definition) is 2. The Bertz CT molecular complexity index is 401. The molecule has 0 radical (unpaired) electrons. The van der Waals surface area contributed by atoms with Crippen LogP contribution in [0.2, 0.25) is 0 Å². The SMILES string of the molecule is CCC(C)C(C)Nc1nc(C(C)C)nc(N)c1C. The Morgan fingerprint density at radius 1 is 1.17 bits per heavy atom. The predicted molar refractivity (Wildman–Crippen MR) is 77.8 cm³/mol.